The number of carbonyl (C=O) groups excluding carboxylic acids is 1. The number of hydrogen-bond donors (Lipinski definition) is 0. The van der Waals surface area contributed by atoms with Crippen LogP contribution in [-0.4, -0.2) is 43.0 Å². The van der Waals surface area contributed by atoms with Crippen molar-refractivity contribution >= 4 is 56.6 Å². The molecule has 0 fully saturated rings. The van der Waals surface area contributed by atoms with Crippen LogP contribution in [0.15, 0.2) is 73.1 Å². The van der Waals surface area contributed by atoms with Crippen molar-refractivity contribution in [3.05, 3.63) is 117 Å². The fraction of sp³-hybridized carbons (Fsp3) is 0.279. The summed E-state index contributed by atoms with van der Waals surface area (Å²) < 4.78 is 12.5. The van der Waals surface area contributed by atoms with Crippen LogP contribution in [0, 0.1) is 27.7 Å². The number of benzene rings is 3. The highest BCUT2D eigenvalue weighted by atomic mass is 35.5. The SMILES string of the molecule is Cc1cc(OCCCc2c3n(c4c(-c5c(C)nn(C)c5C)c(Cl)ccc24)C(C)CN(c2cn(C)c4ccc(-c5ccccn5)cc24)C3=O)cc(C)c1Cl. The predicted octanol–water partition coefficient (Wildman–Crippen LogP) is 10.4. The van der Waals surface area contributed by atoms with Gasteiger partial charge in [0.25, 0.3) is 5.91 Å². The van der Waals surface area contributed by atoms with E-state index in [0.717, 1.165) is 88.7 Å². The third-order valence-electron chi connectivity index (χ3n) is 10.8. The van der Waals surface area contributed by atoms with Crippen LogP contribution in [0.5, 0.6) is 5.75 Å². The highest BCUT2D eigenvalue weighted by Gasteiger charge is 2.37. The quantitative estimate of drug-likeness (QED) is 0.145. The van der Waals surface area contributed by atoms with Crippen LogP contribution in [0.1, 0.15) is 58.0 Å². The van der Waals surface area contributed by atoms with E-state index in [9.17, 15) is 0 Å². The summed E-state index contributed by atoms with van der Waals surface area (Å²) in [7, 11) is 3.99. The molecule has 0 bridgehead atoms. The number of fused-ring (bicyclic) bond motifs is 4. The molecule has 1 aliphatic rings. The first kappa shape index (κ1) is 35.0. The number of amides is 1. The molecule has 270 valence electrons. The fourth-order valence-corrected chi connectivity index (χ4v) is 8.57. The summed E-state index contributed by atoms with van der Waals surface area (Å²) in [6.45, 7) is 11.2. The van der Waals surface area contributed by atoms with Gasteiger partial charge in [-0.05, 0) is 107 Å². The number of aromatic nitrogens is 5. The molecule has 4 aromatic heterocycles. The third-order valence-corrected chi connectivity index (χ3v) is 11.7. The topological polar surface area (TPSA) is 70.1 Å². The second-order valence-electron chi connectivity index (χ2n) is 14.3. The first-order valence-electron chi connectivity index (χ1n) is 18.0. The molecule has 1 aliphatic heterocycles. The second-order valence-corrected chi connectivity index (χ2v) is 15.1. The Bertz CT molecular complexity index is 2560. The molecule has 8 nitrogen and oxygen atoms in total. The zero-order valence-electron chi connectivity index (χ0n) is 31.1. The van der Waals surface area contributed by atoms with Crippen LogP contribution in [0.25, 0.3) is 44.2 Å². The predicted molar refractivity (Wildman–Crippen MR) is 216 cm³/mol. The summed E-state index contributed by atoms with van der Waals surface area (Å²) in [5.74, 6) is 0.762. The van der Waals surface area contributed by atoms with E-state index < -0.39 is 0 Å². The highest BCUT2D eigenvalue weighted by Crippen LogP contribution is 2.46. The highest BCUT2D eigenvalue weighted by molar-refractivity contribution is 6.35. The van der Waals surface area contributed by atoms with Crippen LogP contribution in [0.4, 0.5) is 5.69 Å². The summed E-state index contributed by atoms with van der Waals surface area (Å²) in [5.41, 5.74) is 12.3. The minimum Gasteiger partial charge on any atom is -0.494 e. The van der Waals surface area contributed by atoms with Crippen molar-refractivity contribution in [2.24, 2.45) is 14.1 Å². The lowest BCUT2D eigenvalue weighted by Gasteiger charge is -2.34. The van der Waals surface area contributed by atoms with Gasteiger partial charge in [0.15, 0.2) is 0 Å². The van der Waals surface area contributed by atoms with Crippen LogP contribution in [0.3, 0.4) is 0 Å². The van der Waals surface area contributed by atoms with Crippen molar-refractivity contribution in [1.29, 1.82) is 0 Å². The molecule has 0 N–H and O–H groups in total. The fourth-order valence-electron chi connectivity index (χ4n) is 8.22. The van der Waals surface area contributed by atoms with E-state index in [0.29, 0.717) is 36.7 Å². The van der Waals surface area contributed by atoms with Crippen molar-refractivity contribution < 1.29 is 9.53 Å². The van der Waals surface area contributed by atoms with Gasteiger partial charge in [0.2, 0.25) is 0 Å². The molecule has 7 aromatic rings. The molecular weight excluding hydrogens is 703 g/mol. The Morgan fingerprint density at radius 2 is 1.70 bits per heavy atom. The summed E-state index contributed by atoms with van der Waals surface area (Å²) in [4.78, 5) is 21.7. The molecule has 0 aliphatic carbocycles. The van der Waals surface area contributed by atoms with Crippen LogP contribution >= 0.6 is 23.2 Å². The number of carbonyl (C=O) groups is 1. The van der Waals surface area contributed by atoms with Gasteiger partial charge in [-0.3, -0.25) is 14.5 Å². The third kappa shape index (κ3) is 5.79. The van der Waals surface area contributed by atoms with Crippen LogP contribution in [-0.2, 0) is 20.5 Å². The van der Waals surface area contributed by atoms with E-state index in [1.54, 1.807) is 6.20 Å². The average Bonchev–Trinajstić information content (AvgIpc) is 3.74. The normalized spacial score (nSPS) is 14.5. The summed E-state index contributed by atoms with van der Waals surface area (Å²) >= 11 is 13.6. The van der Waals surface area contributed by atoms with E-state index >= 15 is 4.79 Å². The Balaban J connectivity index is 1.26. The average molecular weight is 746 g/mol. The smallest absolute Gasteiger partial charge is 0.275 e. The van der Waals surface area contributed by atoms with Gasteiger partial charge < -0.3 is 18.8 Å². The molecule has 3 aromatic carbocycles. The minimum absolute atomic E-state index is 0.0309. The van der Waals surface area contributed by atoms with Gasteiger partial charge in [0.1, 0.15) is 11.4 Å². The summed E-state index contributed by atoms with van der Waals surface area (Å²) in [5, 5.41) is 8.18. The molecule has 0 spiro atoms. The van der Waals surface area contributed by atoms with Gasteiger partial charge >= 0.3 is 0 Å². The first-order valence-corrected chi connectivity index (χ1v) is 18.8. The number of hydrogen-bond acceptors (Lipinski definition) is 4. The molecule has 0 saturated heterocycles. The Morgan fingerprint density at radius 3 is 2.40 bits per heavy atom. The van der Waals surface area contributed by atoms with Crippen molar-refractivity contribution in [1.82, 2.24) is 23.9 Å². The molecule has 8 rings (SSSR count). The van der Waals surface area contributed by atoms with Crippen molar-refractivity contribution in [3.63, 3.8) is 0 Å². The van der Waals surface area contributed by atoms with Gasteiger partial charge in [-0.2, -0.15) is 5.10 Å². The lowest BCUT2D eigenvalue weighted by atomic mass is 9.98. The summed E-state index contributed by atoms with van der Waals surface area (Å²) in [6.07, 6.45) is 5.23. The zero-order chi connectivity index (χ0) is 37.3. The molecule has 1 atom stereocenters. The zero-order valence-corrected chi connectivity index (χ0v) is 32.6. The van der Waals surface area contributed by atoms with Gasteiger partial charge in [-0.25, -0.2) is 0 Å². The number of halogens is 2. The number of anilines is 1. The maximum atomic E-state index is 15.2. The van der Waals surface area contributed by atoms with Crippen molar-refractivity contribution in [3.8, 4) is 28.1 Å². The van der Waals surface area contributed by atoms with E-state index in [-0.39, 0.29) is 11.9 Å². The van der Waals surface area contributed by atoms with Crippen molar-refractivity contribution in [2.75, 3.05) is 18.1 Å². The molecule has 1 unspecified atom stereocenters. The lowest BCUT2D eigenvalue weighted by molar-refractivity contribution is 0.0957. The van der Waals surface area contributed by atoms with E-state index in [4.69, 9.17) is 33.0 Å². The molecule has 0 radical (unpaired) electrons. The van der Waals surface area contributed by atoms with Gasteiger partial charge in [-0.1, -0.05) is 41.4 Å². The number of nitrogens with zero attached hydrogens (tertiary/aromatic N) is 6. The molecule has 0 saturated carbocycles. The Labute approximate surface area is 319 Å². The number of rotatable bonds is 8. The molecule has 53 heavy (non-hydrogen) atoms. The maximum absolute atomic E-state index is 15.2. The molecule has 5 heterocycles. The Morgan fingerprint density at radius 1 is 0.925 bits per heavy atom. The maximum Gasteiger partial charge on any atom is 0.275 e. The van der Waals surface area contributed by atoms with Crippen LogP contribution in [0.2, 0.25) is 10.0 Å². The van der Waals surface area contributed by atoms with E-state index in [1.807, 2.05) is 80.8 Å². The minimum atomic E-state index is -0.0565. The Hall–Kier alpha value is -5.05. The molecule has 1 amide bonds. The summed E-state index contributed by atoms with van der Waals surface area (Å²) in [6, 6.07) is 20.2. The number of aryl methyl sites for hydroxylation is 6. The lowest BCUT2D eigenvalue weighted by Crippen LogP contribution is -2.42. The van der Waals surface area contributed by atoms with Gasteiger partial charge in [-0.15, -0.1) is 0 Å². The number of ether oxygens (including phenoxy) is 1. The molecular formula is C43H42Cl2N6O2. The van der Waals surface area contributed by atoms with Gasteiger partial charge in [0.05, 0.1) is 34.2 Å². The van der Waals surface area contributed by atoms with Gasteiger partial charge in [0, 0.05) is 82.8 Å². The van der Waals surface area contributed by atoms with E-state index in [2.05, 4.69) is 58.4 Å². The van der Waals surface area contributed by atoms with E-state index in [1.165, 1.54) is 0 Å². The monoisotopic (exact) mass is 744 g/mol. The number of pyridine rings is 1. The van der Waals surface area contributed by atoms with Crippen LogP contribution < -0.4 is 9.64 Å². The molecule has 10 heteroatoms. The first-order chi connectivity index (χ1) is 25.4. The standard InChI is InChI=1S/C43H42Cl2N6O2/c1-24-19-30(20-25(2)40(24)45)53-18-10-11-31-32-14-15-34(44)39(38-27(4)47-49(7)28(38)5)41(32)51-26(3)22-50(43(52)42(31)51)37-23-48(6)36-16-13-29(21-33(36)37)35-12-8-9-17-46-35/h8-9,12-17,19-21,23,26H,10-11,18,22H2,1-7H3. The largest absolute Gasteiger partial charge is 0.494 e. The second kappa shape index (κ2) is 13.4. The van der Waals surface area contributed by atoms with Crippen molar-refractivity contribution in [2.45, 2.75) is 53.5 Å². The Kier molecular flexibility index (Phi) is 8.86.